The van der Waals surface area contributed by atoms with Gasteiger partial charge in [-0.25, -0.2) is 4.98 Å². The van der Waals surface area contributed by atoms with E-state index in [1.165, 1.54) is 0 Å². The number of carbonyl (C=O) groups is 1. The van der Waals surface area contributed by atoms with E-state index >= 15 is 0 Å². The predicted molar refractivity (Wildman–Crippen MR) is 72.6 cm³/mol. The lowest BCUT2D eigenvalue weighted by Gasteiger charge is -2.23. The van der Waals surface area contributed by atoms with Crippen LogP contribution in [0.1, 0.15) is 29.9 Å². The number of ether oxygens (including phenoxy) is 1. The number of nitrogens with zero attached hydrogens (tertiary/aromatic N) is 2. The Hall–Kier alpha value is -1.69. The molecule has 1 amide bonds. The summed E-state index contributed by atoms with van der Waals surface area (Å²) in [7, 11) is 0. The second-order valence-electron chi connectivity index (χ2n) is 5.40. The molecule has 0 aliphatic carbocycles. The molecule has 108 valence electrons. The molecule has 20 heavy (non-hydrogen) atoms. The van der Waals surface area contributed by atoms with Gasteiger partial charge in [0.05, 0.1) is 5.69 Å². The summed E-state index contributed by atoms with van der Waals surface area (Å²) in [5, 5.41) is 0. The minimum absolute atomic E-state index is 0.0588. The lowest BCUT2D eigenvalue weighted by molar-refractivity contribution is -0.140. The van der Waals surface area contributed by atoms with Crippen molar-refractivity contribution in [2.75, 3.05) is 19.7 Å². The van der Waals surface area contributed by atoms with Gasteiger partial charge in [-0.05, 0) is 26.2 Å². The highest BCUT2D eigenvalue weighted by atomic mass is 16.5. The Morgan fingerprint density at radius 1 is 1.40 bits per heavy atom. The molecule has 0 spiro atoms. The first-order chi connectivity index (χ1) is 9.65. The van der Waals surface area contributed by atoms with Crippen molar-refractivity contribution >= 4 is 5.91 Å². The van der Waals surface area contributed by atoms with Gasteiger partial charge in [0.15, 0.2) is 0 Å². The van der Waals surface area contributed by atoms with E-state index in [9.17, 15) is 9.59 Å². The van der Waals surface area contributed by atoms with Crippen LogP contribution in [-0.2, 0) is 22.4 Å². The lowest BCUT2D eigenvalue weighted by atomic mass is 10.1. The van der Waals surface area contributed by atoms with Gasteiger partial charge in [0, 0.05) is 31.7 Å². The largest absolute Gasteiger partial charge is 0.368 e. The van der Waals surface area contributed by atoms with Crippen molar-refractivity contribution in [1.29, 1.82) is 0 Å². The predicted octanol–water partition coefficient (Wildman–Crippen LogP) is 0.185. The van der Waals surface area contributed by atoms with Gasteiger partial charge < -0.3 is 14.6 Å². The van der Waals surface area contributed by atoms with Crippen LogP contribution in [0.25, 0.3) is 0 Å². The summed E-state index contributed by atoms with van der Waals surface area (Å²) in [5.41, 5.74) is 1.48. The van der Waals surface area contributed by atoms with E-state index in [1.807, 2.05) is 4.90 Å². The summed E-state index contributed by atoms with van der Waals surface area (Å²) < 4.78 is 5.45. The average molecular weight is 277 g/mol. The van der Waals surface area contributed by atoms with Crippen LogP contribution in [0.3, 0.4) is 0 Å². The molecule has 3 heterocycles. The third-order valence-electron chi connectivity index (χ3n) is 3.99. The van der Waals surface area contributed by atoms with Crippen molar-refractivity contribution in [2.45, 2.75) is 38.7 Å². The number of fused-ring (bicyclic) bond motifs is 1. The molecule has 1 fully saturated rings. The summed E-state index contributed by atoms with van der Waals surface area (Å²) in [6.07, 6.45) is 2.67. The maximum atomic E-state index is 12.4. The van der Waals surface area contributed by atoms with Crippen LogP contribution in [0.15, 0.2) is 4.79 Å². The van der Waals surface area contributed by atoms with Crippen LogP contribution >= 0.6 is 0 Å². The van der Waals surface area contributed by atoms with Gasteiger partial charge in [0.2, 0.25) is 0 Å². The Labute approximate surface area is 117 Å². The molecule has 6 nitrogen and oxygen atoms in total. The third kappa shape index (κ3) is 2.47. The summed E-state index contributed by atoms with van der Waals surface area (Å²) in [6, 6.07) is 0. The van der Waals surface area contributed by atoms with Gasteiger partial charge in [-0.1, -0.05) is 0 Å². The third-order valence-corrected chi connectivity index (χ3v) is 3.99. The maximum absolute atomic E-state index is 12.4. The highest BCUT2D eigenvalue weighted by molar-refractivity contribution is 5.81. The molecule has 1 saturated heterocycles. The zero-order valence-corrected chi connectivity index (χ0v) is 11.6. The molecule has 2 aliphatic rings. The van der Waals surface area contributed by atoms with Crippen molar-refractivity contribution in [3.63, 3.8) is 0 Å². The molecule has 1 atom stereocenters. The number of hydrogen-bond acceptors (Lipinski definition) is 4. The second kappa shape index (κ2) is 5.36. The molecule has 1 N–H and O–H groups in total. The van der Waals surface area contributed by atoms with Crippen LogP contribution in [0.2, 0.25) is 0 Å². The molecular formula is C14H19N3O3. The van der Waals surface area contributed by atoms with E-state index in [2.05, 4.69) is 9.97 Å². The maximum Gasteiger partial charge on any atom is 0.254 e. The molecule has 6 heteroatoms. The second-order valence-corrected chi connectivity index (χ2v) is 5.40. The lowest BCUT2D eigenvalue weighted by Crippen LogP contribution is -2.40. The minimum atomic E-state index is -0.288. The Morgan fingerprint density at radius 2 is 2.20 bits per heavy atom. The molecule has 1 aromatic rings. The SMILES string of the molecule is Cc1nc2c(c(=O)[nH]1)CCN(C(=O)C1CCCO1)CC2. The van der Waals surface area contributed by atoms with Crippen LogP contribution in [0.4, 0.5) is 0 Å². The van der Waals surface area contributed by atoms with E-state index in [0.717, 1.165) is 24.1 Å². The molecule has 0 radical (unpaired) electrons. The van der Waals surface area contributed by atoms with Crippen molar-refractivity contribution in [1.82, 2.24) is 14.9 Å². The normalized spacial score (nSPS) is 22.4. The monoisotopic (exact) mass is 277 g/mol. The first-order valence-corrected chi connectivity index (χ1v) is 7.14. The number of hydrogen-bond donors (Lipinski definition) is 1. The van der Waals surface area contributed by atoms with Gasteiger partial charge >= 0.3 is 0 Å². The fourth-order valence-electron chi connectivity index (χ4n) is 2.93. The highest BCUT2D eigenvalue weighted by Gasteiger charge is 2.29. The number of aromatic amines is 1. The zero-order valence-electron chi connectivity index (χ0n) is 11.6. The molecule has 0 bridgehead atoms. The van der Waals surface area contributed by atoms with E-state index in [1.54, 1.807) is 6.92 Å². The van der Waals surface area contributed by atoms with Crippen molar-refractivity contribution in [3.8, 4) is 0 Å². The van der Waals surface area contributed by atoms with Gasteiger partial charge in [-0.3, -0.25) is 9.59 Å². The van der Waals surface area contributed by atoms with Crippen LogP contribution in [-0.4, -0.2) is 46.6 Å². The Balaban J connectivity index is 1.77. The van der Waals surface area contributed by atoms with E-state index in [-0.39, 0.29) is 17.6 Å². The number of aromatic nitrogens is 2. The Bertz CT molecular complexity index is 576. The average Bonchev–Trinajstić information content (AvgIpc) is 2.85. The fraction of sp³-hybridized carbons (Fsp3) is 0.643. The summed E-state index contributed by atoms with van der Waals surface area (Å²) in [5.74, 6) is 0.691. The molecule has 0 saturated carbocycles. The van der Waals surface area contributed by atoms with E-state index in [0.29, 0.717) is 38.4 Å². The summed E-state index contributed by atoms with van der Waals surface area (Å²) in [4.78, 5) is 33.2. The standard InChI is InChI=1S/C14H19N3O3/c1-9-15-11-5-7-17(6-4-10(11)13(18)16-9)14(19)12-3-2-8-20-12/h12H,2-8H2,1H3,(H,15,16,18). The summed E-state index contributed by atoms with van der Waals surface area (Å²) >= 11 is 0. The number of aryl methyl sites for hydroxylation is 1. The zero-order chi connectivity index (χ0) is 14.1. The highest BCUT2D eigenvalue weighted by Crippen LogP contribution is 2.17. The molecule has 3 rings (SSSR count). The number of amides is 1. The van der Waals surface area contributed by atoms with Gasteiger partial charge in [0.1, 0.15) is 11.9 Å². The van der Waals surface area contributed by atoms with Gasteiger partial charge in [-0.2, -0.15) is 0 Å². The first-order valence-electron chi connectivity index (χ1n) is 7.14. The number of rotatable bonds is 1. The molecule has 2 aliphatic heterocycles. The summed E-state index contributed by atoms with van der Waals surface area (Å²) in [6.45, 7) is 3.63. The topological polar surface area (TPSA) is 75.3 Å². The number of carbonyl (C=O) groups excluding carboxylic acids is 1. The Kier molecular flexibility index (Phi) is 3.56. The van der Waals surface area contributed by atoms with Crippen LogP contribution in [0.5, 0.6) is 0 Å². The molecule has 1 aromatic heterocycles. The Morgan fingerprint density at radius 3 is 2.95 bits per heavy atom. The minimum Gasteiger partial charge on any atom is -0.368 e. The van der Waals surface area contributed by atoms with E-state index in [4.69, 9.17) is 4.74 Å². The van der Waals surface area contributed by atoms with Crippen molar-refractivity contribution in [3.05, 3.63) is 27.4 Å². The van der Waals surface area contributed by atoms with Gasteiger partial charge in [0.25, 0.3) is 11.5 Å². The van der Waals surface area contributed by atoms with E-state index < -0.39 is 0 Å². The van der Waals surface area contributed by atoms with Crippen molar-refractivity contribution in [2.24, 2.45) is 0 Å². The number of nitrogens with one attached hydrogen (secondary N) is 1. The fourth-order valence-corrected chi connectivity index (χ4v) is 2.93. The quantitative estimate of drug-likeness (QED) is 0.795. The van der Waals surface area contributed by atoms with Crippen molar-refractivity contribution < 1.29 is 9.53 Å². The van der Waals surface area contributed by atoms with Crippen LogP contribution in [0, 0.1) is 6.92 Å². The first kappa shape index (κ1) is 13.3. The van der Waals surface area contributed by atoms with Crippen LogP contribution < -0.4 is 5.56 Å². The molecular weight excluding hydrogens is 258 g/mol. The smallest absolute Gasteiger partial charge is 0.254 e. The molecule has 1 unspecified atom stereocenters. The number of H-pyrrole nitrogens is 1. The van der Waals surface area contributed by atoms with Gasteiger partial charge in [-0.15, -0.1) is 0 Å². The molecule has 0 aromatic carbocycles.